The van der Waals surface area contributed by atoms with Gasteiger partial charge in [0, 0.05) is 37.4 Å². The topological polar surface area (TPSA) is 45.2 Å². The van der Waals surface area contributed by atoms with Crippen LogP contribution in [0.1, 0.15) is 15.4 Å². The fraction of sp³-hybridized carbons (Fsp3) is 0.158. The number of nitrogens with zero attached hydrogens (tertiary/aromatic N) is 2. The van der Waals surface area contributed by atoms with Crippen molar-refractivity contribution >= 4 is 22.9 Å². The molecule has 2 aromatic heterocycles. The van der Waals surface area contributed by atoms with Crippen LogP contribution in [-0.4, -0.2) is 29.9 Å². The third-order valence-electron chi connectivity index (χ3n) is 3.61. The first-order chi connectivity index (χ1) is 11.6. The van der Waals surface area contributed by atoms with Crippen LogP contribution in [0.2, 0.25) is 0 Å². The van der Waals surface area contributed by atoms with Gasteiger partial charge < -0.3 is 10.2 Å². The van der Waals surface area contributed by atoms with Crippen LogP contribution in [0, 0.1) is 0 Å². The molecule has 0 spiro atoms. The van der Waals surface area contributed by atoms with Crippen LogP contribution in [0.15, 0.2) is 60.1 Å². The molecule has 0 aliphatic carbocycles. The molecule has 0 aliphatic rings. The van der Waals surface area contributed by atoms with Crippen molar-refractivity contribution in [3.63, 3.8) is 0 Å². The molecule has 2 heterocycles. The molecule has 1 N–H and O–H groups in total. The summed E-state index contributed by atoms with van der Waals surface area (Å²) in [6, 6.07) is 16.2. The van der Waals surface area contributed by atoms with Crippen LogP contribution in [-0.2, 0) is 6.54 Å². The van der Waals surface area contributed by atoms with Crippen LogP contribution >= 0.6 is 11.3 Å². The molecular weight excluding hydrogens is 318 g/mol. The SMILES string of the molecule is CN(C)C(=O)c1cc(NCc2cc(-c3ccccc3)cs2)ccn1. The maximum Gasteiger partial charge on any atom is 0.272 e. The molecule has 0 unspecified atom stereocenters. The molecule has 1 aromatic carbocycles. The van der Waals surface area contributed by atoms with E-state index < -0.39 is 0 Å². The highest BCUT2D eigenvalue weighted by atomic mass is 32.1. The summed E-state index contributed by atoms with van der Waals surface area (Å²) >= 11 is 1.73. The fourth-order valence-corrected chi connectivity index (χ4v) is 3.16. The van der Waals surface area contributed by atoms with Crippen molar-refractivity contribution in [2.45, 2.75) is 6.54 Å². The van der Waals surface area contributed by atoms with Crippen LogP contribution in [0.3, 0.4) is 0 Å². The molecule has 3 rings (SSSR count). The van der Waals surface area contributed by atoms with Gasteiger partial charge in [0.05, 0.1) is 0 Å². The highest BCUT2D eigenvalue weighted by molar-refractivity contribution is 7.10. The van der Waals surface area contributed by atoms with Gasteiger partial charge in [-0.3, -0.25) is 9.78 Å². The minimum absolute atomic E-state index is 0.0962. The molecule has 0 atom stereocenters. The van der Waals surface area contributed by atoms with Gasteiger partial charge in [-0.25, -0.2) is 0 Å². The lowest BCUT2D eigenvalue weighted by atomic mass is 10.1. The predicted octanol–water partition coefficient (Wildman–Crippen LogP) is 4.12. The van der Waals surface area contributed by atoms with Crippen LogP contribution in [0.5, 0.6) is 0 Å². The Hall–Kier alpha value is -2.66. The quantitative estimate of drug-likeness (QED) is 0.761. The first kappa shape index (κ1) is 16.2. The van der Waals surface area contributed by atoms with E-state index in [1.165, 1.54) is 20.9 Å². The Bertz CT molecular complexity index is 827. The maximum atomic E-state index is 12.0. The molecule has 0 saturated heterocycles. The van der Waals surface area contributed by atoms with E-state index in [0.717, 1.165) is 12.2 Å². The number of pyridine rings is 1. The van der Waals surface area contributed by atoms with Gasteiger partial charge in [0.25, 0.3) is 5.91 Å². The van der Waals surface area contributed by atoms with E-state index in [2.05, 4.69) is 33.9 Å². The molecule has 5 heteroatoms. The van der Waals surface area contributed by atoms with Crippen LogP contribution in [0.25, 0.3) is 11.1 Å². The molecule has 0 bridgehead atoms. The Morgan fingerprint density at radius 3 is 2.67 bits per heavy atom. The number of carbonyl (C=O) groups excluding carboxylic acids is 1. The molecule has 0 saturated carbocycles. The van der Waals surface area contributed by atoms with E-state index in [9.17, 15) is 4.79 Å². The number of hydrogen-bond donors (Lipinski definition) is 1. The van der Waals surface area contributed by atoms with Gasteiger partial charge in [0.2, 0.25) is 0 Å². The maximum absolute atomic E-state index is 12.0. The second kappa shape index (κ2) is 7.27. The van der Waals surface area contributed by atoms with Crippen molar-refractivity contribution in [1.82, 2.24) is 9.88 Å². The van der Waals surface area contributed by atoms with Gasteiger partial charge in [-0.1, -0.05) is 30.3 Å². The Morgan fingerprint density at radius 2 is 1.92 bits per heavy atom. The van der Waals surface area contributed by atoms with E-state index in [1.54, 1.807) is 37.7 Å². The summed E-state index contributed by atoms with van der Waals surface area (Å²) in [6.07, 6.45) is 1.66. The molecule has 0 radical (unpaired) electrons. The highest BCUT2D eigenvalue weighted by Crippen LogP contribution is 2.26. The summed E-state index contributed by atoms with van der Waals surface area (Å²) in [6.45, 7) is 0.719. The molecule has 24 heavy (non-hydrogen) atoms. The zero-order valence-corrected chi connectivity index (χ0v) is 14.5. The molecular formula is C19H19N3OS. The number of thiophene rings is 1. The summed E-state index contributed by atoms with van der Waals surface area (Å²) < 4.78 is 0. The van der Waals surface area contributed by atoms with Crippen molar-refractivity contribution in [2.24, 2.45) is 0 Å². The van der Waals surface area contributed by atoms with Crippen molar-refractivity contribution in [3.8, 4) is 11.1 Å². The van der Waals surface area contributed by atoms with Gasteiger partial charge in [0.1, 0.15) is 5.69 Å². The van der Waals surface area contributed by atoms with Crippen LogP contribution < -0.4 is 5.32 Å². The van der Waals surface area contributed by atoms with Crippen molar-refractivity contribution in [1.29, 1.82) is 0 Å². The Labute approximate surface area is 145 Å². The van der Waals surface area contributed by atoms with Gasteiger partial charge in [0.15, 0.2) is 0 Å². The minimum Gasteiger partial charge on any atom is -0.380 e. The van der Waals surface area contributed by atoms with Crippen molar-refractivity contribution in [3.05, 3.63) is 70.7 Å². The third kappa shape index (κ3) is 3.81. The van der Waals surface area contributed by atoms with Gasteiger partial charge >= 0.3 is 0 Å². The average Bonchev–Trinajstić information content (AvgIpc) is 3.09. The van der Waals surface area contributed by atoms with Crippen molar-refractivity contribution in [2.75, 3.05) is 19.4 Å². The average molecular weight is 337 g/mol. The normalized spacial score (nSPS) is 10.4. The molecule has 3 aromatic rings. The van der Waals surface area contributed by atoms with E-state index in [0.29, 0.717) is 5.69 Å². The summed E-state index contributed by atoms with van der Waals surface area (Å²) in [7, 11) is 3.45. The molecule has 0 fully saturated rings. The summed E-state index contributed by atoms with van der Waals surface area (Å²) in [5.74, 6) is -0.0962. The zero-order chi connectivity index (χ0) is 16.9. The summed E-state index contributed by atoms with van der Waals surface area (Å²) in [4.78, 5) is 18.9. The zero-order valence-electron chi connectivity index (χ0n) is 13.7. The standard InChI is InChI=1S/C19H19N3OS/c1-22(2)19(23)18-11-16(8-9-20-18)21-12-17-10-15(13-24-17)14-6-4-3-5-7-14/h3-11,13H,12H2,1-2H3,(H,20,21). The monoisotopic (exact) mass is 337 g/mol. The first-order valence-electron chi connectivity index (χ1n) is 7.68. The summed E-state index contributed by atoms with van der Waals surface area (Å²) in [5.41, 5.74) is 3.80. The number of aromatic nitrogens is 1. The Morgan fingerprint density at radius 1 is 1.12 bits per heavy atom. The van der Waals surface area contributed by atoms with Gasteiger partial charge in [-0.2, -0.15) is 0 Å². The number of hydrogen-bond acceptors (Lipinski definition) is 4. The number of anilines is 1. The lowest BCUT2D eigenvalue weighted by Gasteiger charge is -2.11. The summed E-state index contributed by atoms with van der Waals surface area (Å²) in [5, 5.41) is 5.53. The Balaban J connectivity index is 1.67. The number of nitrogens with one attached hydrogen (secondary N) is 1. The molecule has 4 nitrogen and oxygen atoms in total. The second-order valence-electron chi connectivity index (χ2n) is 5.65. The van der Waals surface area contributed by atoms with Crippen LogP contribution in [0.4, 0.5) is 5.69 Å². The number of carbonyl (C=O) groups is 1. The second-order valence-corrected chi connectivity index (χ2v) is 6.65. The number of amides is 1. The van der Waals surface area contributed by atoms with E-state index in [-0.39, 0.29) is 5.91 Å². The largest absolute Gasteiger partial charge is 0.380 e. The third-order valence-corrected chi connectivity index (χ3v) is 4.55. The molecule has 0 aliphatic heterocycles. The first-order valence-corrected chi connectivity index (χ1v) is 8.56. The van der Waals surface area contributed by atoms with Gasteiger partial charge in [-0.05, 0) is 34.7 Å². The van der Waals surface area contributed by atoms with Gasteiger partial charge in [-0.15, -0.1) is 11.3 Å². The number of rotatable bonds is 5. The highest BCUT2D eigenvalue weighted by Gasteiger charge is 2.10. The van der Waals surface area contributed by atoms with E-state index in [1.807, 2.05) is 24.3 Å². The van der Waals surface area contributed by atoms with E-state index in [4.69, 9.17) is 0 Å². The predicted molar refractivity (Wildman–Crippen MR) is 99.3 cm³/mol. The number of benzene rings is 1. The fourth-order valence-electron chi connectivity index (χ4n) is 2.33. The molecule has 1 amide bonds. The lowest BCUT2D eigenvalue weighted by molar-refractivity contribution is 0.0822. The Kier molecular flexibility index (Phi) is 4.91. The van der Waals surface area contributed by atoms with E-state index >= 15 is 0 Å². The van der Waals surface area contributed by atoms with Crippen molar-refractivity contribution < 1.29 is 4.79 Å². The smallest absolute Gasteiger partial charge is 0.272 e. The lowest BCUT2D eigenvalue weighted by Crippen LogP contribution is -2.22. The minimum atomic E-state index is -0.0962. The molecule has 122 valence electrons.